The van der Waals surface area contributed by atoms with E-state index in [1.165, 1.54) is 0 Å². The molecular formula is C22H27N5O3. The second-order valence-electron chi connectivity index (χ2n) is 7.40. The van der Waals surface area contributed by atoms with Crippen molar-refractivity contribution < 1.29 is 14.6 Å². The molecule has 1 aliphatic rings. The number of piperazine rings is 1. The van der Waals surface area contributed by atoms with Gasteiger partial charge in [0.15, 0.2) is 0 Å². The fourth-order valence-electron chi connectivity index (χ4n) is 3.83. The van der Waals surface area contributed by atoms with Crippen LogP contribution in [0, 0.1) is 0 Å². The number of rotatable bonds is 7. The Kier molecular flexibility index (Phi) is 6.15. The Morgan fingerprint density at radius 1 is 1.17 bits per heavy atom. The van der Waals surface area contributed by atoms with E-state index in [4.69, 9.17) is 4.74 Å². The van der Waals surface area contributed by atoms with Gasteiger partial charge in [-0.1, -0.05) is 18.2 Å². The van der Waals surface area contributed by atoms with E-state index in [9.17, 15) is 9.90 Å². The Balaban J connectivity index is 1.25. The third-order valence-electron chi connectivity index (χ3n) is 5.41. The SMILES string of the molecule is COc1ccccc1N1CCN(CC(O)CNC(=O)c2cnc3ccccn23)CC1. The molecule has 1 atom stereocenters. The molecule has 158 valence electrons. The minimum absolute atomic E-state index is 0.200. The van der Waals surface area contributed by atoms with E-state index in [0.717, 1.165) is 43.3 Å². The molecule has 30 heavy (non-hydrogen) atoms. The van der Waals surface area contributed by atoms with Gasteiger partial charge in [-0.2, -0.15) is 0 Å². The van der Waals surface area contributed by atoms with Crippen LogP contribution in [-0.2, 0) is 0 Å². The monoisotopic (exact) mass is 409 g/mol. The highest BCUT2D eigenvalue weighted by Gasteiger charge is 2.22. The third kappa shape index (κ3) is 4.39. The van der Waals surface area contributed by atoms with Crippen molar-refractivity contribution in [3.8, 4) is 5.75 Å². The zero-order chi connectivity index (χ0) is 20.9. The lowest BCUT2D eigenvalue weighted by Gasteiger charge is -2.37. The number of carbonyl (C=O) groups is 1. The number of nitrogens with one attached hydrogen (secondary N) is 1. The minimum atomic E-state index is -0.633. The lowest BCUT2D eigenvalue weighted by molar-refractivity contribution is 0.0847. The summed E-state index contributed by atoms with van der Waals surface area (Å²) in [6.45, 7) is 4.13. The maximum absolute atomic E-state index is 12.5. The number of nitrogens with zero attached hydrogens (tertiary/aromatic N) is 4. The normalized spacial score (nSPS) is 15.9. The lowest BCUT2D eigenvalue weighted by atomic mass is 10.2. The first-order valence-corrected chi connectivity index (χ1v) is 10.1. The summed E-state index contributed by atoms with van der Waals surface area (Å²) >= 11 is 0. The predicted octanol–water partition coefficient (Wildman–Crippen LogP) is 1.26. The number of hydrogen-bond acceptors (Lipinski definition) is 6. The maximum atomic E-state index is 12.5. The molecule has 1 amide bonds. The Bertz CT molecular complexity index is 997. The molecule has 2 N–H and O–H groups in total. The molecule has 4 rings (SSSR count). The van der Waals surface area contributed by atoms with Crippen LogP contribution in [0.4, 0.5) is 5.69 Å². The zero-order valence-corrected chi connectivity index (χ0v) is 17.1. The molecule has 0 saturated carbocycles. The van der Waals surface area contributed by atoms with E-state index in [2.05, 4.69) is 26.2 Å². The van der Waals surface area contributed by atoms with Gasteiger partial charge in [-0.3, -0.25) is 14.1 Å². The molecule has 8 heteroatoms. The summed E-state index contributed by atoms with van der Waals surface area (Å²) < 4.78 is 7.19. The first-order chi connectivity index (χ1) is 14.7. The van der Waals surface area contributed by atoms with Crippen LogP contribution in [-0.4, -0.2) is 77.8 Å². The fourth-order valence-corrected chi connectivity index (χ4v) is 3.83. The second-order valence-corrected chi connectivity index (χ2v) is 7.40. The molecule has 1 aliphatic heterocycles. The van der Waals surface area contributed by atoms with Crippen molar-refractivity contribution in [2.45, 2.75) is 6.10 Å². The van der Waals surface area contributed by atoms with Gasteiger partial charge in [0.2, 0.25) is 0 Å². The molecule has 1 aromatic carbocycles. The van der Waals surface area contributed by atoms with Crippen LogP contribution >= 0.6 is 0 Å². The number of para-hydroxylation sites is 2. The number of fused-ring (bicyclic) bond motifs is 1. The number of aliphatic hydroxyl groups excluding tert-OH is 1. The highest BCUT2D eigenvalue weighted by molar-refractivity contribution is 5.93. The Hall–Kier alpha value is -3.10. The zero-order valence-electron chi connectivity index (χ0n) is 17.1. The van der Waals surface area contributed by atoms with Crippen molar-refractivity contribution in [3.63, 3.8) is 0 Å². The molecule has 0 aliphatic carbocycles. The molecule has 2 aromatic heterocycles. The molecular weight excluding hydrogens is 382 g/mol. The van der Waals surface area contributed by atoms with Gasteiger partial charge >= 0.3 is 0 Å². The van der Waals surface area contributed by atoms with Gasteiger partial charge in [-0.25, -0.2) is 4.98 Å². The predicted molar refractivity (Wildman–Crippen MR) is 115 cm³/mol. The summed E-state index contributed by atoms with van der Waals surface area (Å²) in [5.41, 5.74) is 2.28. The first-order valence-electron chi connectivity index (χ1n) is 10.1. The summed E-state index contributed by atoms with van der Waals surface area (Å²) in [6, 6.07) is 13.6. The van der Waals surface area contributed by atoms with Crippen LogP contribution in [0.15, 0.2) is 54.9 Å². The molecule has 1 fully saturated rings. The molecule has 3 heterocycles. The van der Waals surface area contributed by atoms with Crippen LogP contribution in [0.1, 0.15) is 10.5 Å². The summed E-state index contributed by atoms with van der Waals surface area (Å²) in [5, 5.41) is 13.2. The molecule has 0 radical (unpaired) electrons. The van der Waals surface area contributed by atoms with Gasteiger partial charge in [0.1, 0.15) is 17.1 Å². The van der Waals surface area contributed by atoms with Gasteiger partial charge in [-0.05, 0) is 24.3 Å². The van der Waals surface area contributed by atoms with Gasteiger partial charge in [0, 0.05) is 45.5 Å². The number of β-amino-alcohol motifs (C(OH)–C–C–N with tert-alkyl or cyclic N) is 1. The van der Waals surface area contributed by atoms with E-state index in [-0.39, 0.29) is 12.5 Å². The number of aliphatic hydroxyl groups is 1. The number of carbonyl (C=O) groups excluding carboxylic acids is 1. The number of hydrogen-bond donors (Lipinski definition) is 2. The lowest BCUT2D eigenvalue weighted by Crippen LogP contribution is -2.50. The highest BCUT2D eigenvalue weighted by atomic mass is 16.5. The van der Waals surface area contributed by atoms with Gasteiger partial charge < -0.3 is 20.1 Å². The number of aromatic nitrogens is 2. The van der Waals surface area contributed by atoms with Crippen LogP contribution < -0.4 is 15.0 Å². The van der Waals surface area contributed by atoms with Crippen molar-refractivity contribution in [2.75, 3.05) is 51.3 Å². The number of benzene rings is 1. The van der Waals surface area contributed by atoms with Crippen LogP contribution in [0.5, 0.6) is 5.75 Å². The van der Waals surface area contributed by atoms with E-state index >= 15 is 0 Å². The Morgan fingerprint density at radius 3 is 2.73 bits per heavy atom. The molecule has 0 bridgehead atoms. The van der Waals surface area contributed by atoms with Gasteiger partial charge in [-0.15, -0.1) is 0 Å². The smallest absolute Gasteiger partial charge is 0.270 e. The first kappa shape index (κ1) is 20.2. The average molecular weight is 409 g/mol. The number of methoxy groups -OCH3 is 1. The summed E-state index contributed by atoms with van der Waals surface area (Å²) in [4.78, 5) is 21.2. The van der Waals surface area contributed by atoms with Crippen LogP contribution in [0.25, 0.3) is 5.65 Å². The molecule has 1 unspecified atom stereocenters. The summed E-state index contributed by atoms with van der Waals surface area (Å²) in [5.74, 6) is 0.634. The van der Waals surface area contributed by atoms with Crippen molar-refractivity contribution >= 4 is 17.2 Å². The largest absolute Gasteiger partial charge is 0.495 e. The van der Waals surface area contributed by atoms with E-state index in [0.29, 0.717) is 12.2 Å². The van der Waals surface area contributed by atoms with Crippen molar-refractivity contribution in [1.82, 2.24) is 19.6 Å². The molecule has 1 saturated heterocycles. The highest BCUT2D eigenvalue weighted by Crippen LogP contribution is 2.28. The average Bonchev–Trinajstić information content (AvgIpc) is 3.22. The van der Waals surface area contributed by atoms with Gasteiger partial charge in [0.05, 0.1) is 25.1 Å². The maximum Gasteiger partial charge on any atom is 0.270 e. The number of ether oxygens (including phenoxy) is 1. The Morgan fingerprint density at radius 2 is 1.93 bits per heavy atom. The van der Waals surface area contributed by atoms with Crippen LogP contribution in [0.3, 0.4) is 0 Å². The third-order valence-corrected chi connectivity index (χ3v) is 5.41. The summed E-state index contributed by atoms with van der Waals surface area (Å²) in [6.07, 6.45) is 2.72. The molecule has 3 aromatic rings. The second kappa shape index (κ2) is 9.15. The standard InChI is InChI=1S/C22H27N5O3/c1-30-20-7-3-2-6-18(20)26-12-10-25(11-13-26)16-17(28)14-24-22(29)19-15-23-21-8-4-5-9-27(19)21/h2-9,15,17,28H,10-14,16H2,1H3,(H,24,29). The van der Waals surface area contributed by atoms with Crippen molar-refractivity contribution in [2.24, 2.45) is 0 Å². The van der Waals surface area contributed by atoms with Gasteiger partial charge in [0.25, 0.3) is 5.91 Å². The fraction of sp³-hybridized carbons (Fsp3) is 0.364. The Labute approximate surface area is 175 Å². The number of imidazole rings is 1. The van der Waals surface area contributed by atoms with E-state index in [1.807, 2.05) is 36.4 Å². The number of amides is 1. The van der Waals surface area contributed by atoms with E-state index < -0.39 is 6.10 Å². The molecule has 0 spiro atoms. The number of pyridine rings is 1. The van der Waals surface area contributed by atoms with Crippen molar-refractivity contribution in [3.05, 3.63) is 60.6 Å². The van der Waals surface area contributed by atoms with Crippen molar-refractivity contribution in [1.29, 1.82) is 0 Å². The van der Waals surface area contributed by atoms with E-state index in [1.54, 1.807) is 23.9 Å². The number of anilines is 1. The van der Waals surface area contributed by atoms with Crippen LogP contribution in [0.2, 0.25) is 0 Å². The molecule has 8 nitrogen and oxygen atoms in total. The minimum Gasteiger partial charge on any atom is -0.495 e. The quantitative estimate of drug-likeness (QED) is 0.611. The topological polar surface area (TPSA) is 82.3 Å². The summed E-state index contributed by atoms with van der Waals surface area (Å²) in [7, 11) is 1.69.